The molecule has 1 fully saturated rings. The highest BCUT2D eigenvalue weighted by Gasteiger charge is 2.20. The van der Waals surface area contributed by atoms with Gasteiger partial charge in [0.15, 0.2) is 0 Å². The zero-order valence-electron chi connectivity index (χ0n) is 12.6. The molecule has 3 N–H and O–H groups in total. The van der Waals surface area contributed by atoms with Crippen LogP contribution in [0.2, 0.25) is 5.02 Å². The fourth-order valence-corrected chi connectivity index (χ4v) is 2.95. The number of nitrogens with zero attached hydrogens (tertiary/aromatic N) is 1. The van der Waals surface area contributed by atoms with Crippen molar-refractivity contribution in [3.8, 4) is 0 Å². The number of amides is 1. The highest BCUT2D eigenvalue weighted by Crippen LogP contribution is 2.23. The molecule has 1 heterocycles. The third kappa shape index (κ3) is 4.90. The van der Waals surface area contributed by atoms with E-state index in [4.69, 9.17) is 17.3 Å². The molecule has 5 heteroatoms. The van der Waals surface area contributed by atoms with E-state index in [9.17, 15) is 4.79 Å². The molecule has 1 aliphatic rings. The van der Waals surface area contributed by atoms with Crippen molar-refractivity contribution in [2.24, 2.45) is 5.92 Å². The Morgan fingerprint density at radius 3 is 3.00 bits per heavy atom. The Labute approximate surface area is 131 Å². The first-order valence-corrected chi connectivity index (χ1v) is 8.03. The first-order chi connectivity index (χ1) is 10.1. The molecule has 1 aromatic rings. The molecule has 0 saturated carbocycles. The SMILES string of the molecule is CCC1CCN(CCCC(=O)Nc2ccc(Cl)cc2N)C1. The molecule has 1 aromatic carbocycles. The largest absolute Gasteiger partial charge is 0.397 e. The minimum atomic E-state index is 0.00950. The van der Waals surface area contributed by atoms with Gasteiger partial charge in [-0.2, -0.15) is 0 Å². The van der Waals surface area contributed by atoms with Crippen molar-refractivity contribution in [3.63, 3.8) is 0 Å². The van der Waals surface area contributed by atoms with E-state index in [1.165, 1.54) is 25.9 Å². The van der Waals surface area contributed by atoms with Gasteiger partial charge >= 0.3 is 0 Å². The fourth-order valence-electron chi connectivity index (χ4n) is 2.77. The molecule has 1 saturated heterocycles. The van der Waals surface area contributed by atoms with Gasteiger partial charge in [0, 0.05) is 18.0 Å². The van der Waals surface area contributed by atoms with Crippen LogP contribution in [0.25, 0.3) is 0 Å². The molecular weight excluding hydrogens is 286 g/mol. The number of rotatable bonds is 6. The van der Waals surface area contributed by atoms with Gasteiger partial charge in [-0.15, -0.1) is 0 Å². The van der Waals surface area contributed by atoms with Crippen molar-refractivity contribution < 1.29 is 4.79 Å². The Hall–Kier alpha value is -1.26. The molecule has 2 rings (SSSR count). The van der Waals surface area contributed by atoms with Crippen LogP contribution in [0.5, 0.6) is 0 Å². The van der Waals surface area contributed by atoms with Gasteiger partial charge in [0.25, 0.3) is 0 Å². The predicted molar refractivity (Wildman–Crippen MR) is 88.6 cm³/mol. The summed E-state index contributed by atoms with van der Waals surface area (Å²) in [6.45, 7) is 5.60. The third-order valence-electron chi connectivity index (χ3n) is 4.11. The van der Waals surface area contributed by atoms with Crippen LogP contribution in [-0.2, 0) is 4.79 Å². The number of benzene rings is 1. The summed E-state index contributed by atoms with van der Waals surface area (Å²) < 4.78 is 0. The van der Waals surface area contributed by atoms with Crippen LogP contribution >= 0.6 is 11.6 Å². The van der Waals surface area contributed by atoms with Crippen molar-refractivity contribution in [3.05, 3.63) is 23.2 Å². The van der Waals surface area contributed by atoms with Gasteiger partial charge in [-0.3, -0.25) is 4.79 Å². The van der Waals surface area contributed by atoms with Gasteiger partial charge in [-0.1, -0.05) is 24.9 Å². The van der Waals surface area contributed by atoms with E-state index in [1.54, 1.807) is 18.2 Å². The molecule has 0 bridgehead atoms. The summed E-state index contributed by atoms with van der Waals surface area (Å²) in [6, 6.07) is 5.11. The molecule has 0 aliphatic carbocycles. The summed E-state index contributed by atoms with van der Waals surface area (Å²) in [7, 11) is 0. The minimum Gasteiger partial charge on any atom is -0.397 e. The van der Waals surface area contributed by atoms with Crippen molar-refractivity contribution in [2.45, 2.75) is 32.6 Å². The predicted octanol–water partition coefficient (Wildman–Crippen LogP) is 3.37. The molecule has 0 radical (unpaired) electrons. The Morgan fingerprint density at radius 2 is 2.33 bits per heavy atom. The molecular formula is C16H24ClN3O. The van der Waals surface area contributed by atoms with E-state index in [0.29, 0.717) is 22.8 Å². The zero-order chi connectivity index (χ0) is 15.2. The van der Waals surface area contributed by atoms with E-state index in [-0.39, 0.29) is 5.91 Å². The Kier molecular flexibility index (Phi) is 5.88. The quantitative estimate of drug-likeness (QED) is 0.792. The van der Waals surface area contributed by atoms with Gasteiger partial charge in [-0.05, 0) is 50.0 Å². The highest BCUT2D eigenvalue weighted by atomic mass is 35.5. The molecule has 0 aromatic heterocycles. The van der Waals surface area contributed by atoms with Crippen molar-refractivity contribution in [1.29, 1.82) is 0 Å². The standard InChI is InChI=1S/C16H24ClN3O/c1-2-12-7-9-20(11-12)8-3-4-16(21)19-15-6-5-13(17)10-14(15)18/h5-6,10,12H,2-4,7-9,11,18H2,1H3,(H,19,21). The second-order valence-electron chi connectivity index (χ2n) is 5.75. The summed E-state index contributed by atoms with van der Waals surface area (Å²) in [5.41, 5.74) is 6.96. The molecule has 116 valence electrons. The van der Waals surface area contributed by atoms with Crippen LogP contribution in [0.1, 0.15) is 32.6 Å². The van der Waals surface area contributed by atoms with Crippen LogP contribution in [0, 0.1) is 5.92 Å². The summed E-state index contributed by atoms with van der Waals surface area (Å²) in [4.78, 5) is 14.4. The Morgan fingerprint density at radius 1 is 1.52 bits per heavy atom. The van der Waals surface area contributed by atoms with E-state index in [2.05, 4.69) is 17.1 Å². The topological polar surface area (TPSA) is 58.4 Å². The van der Waals surface area contributed by atoms with Gasteiger partial charge in [0.05, 0.1) is 11.4 Å². The monoisotopic (exact) mass is 309 g/mol. The maximum Gasteiger partial charge on any atom is 0.224 e. The normalized spacial score (nSPS) is 18.9. The summed E-state index contributed by atoms with van der Waals surface area (Å²) >= 11 is 5.84. The van der Waals surface area contributed by atoms with Crippen LogP contribution < -0.4 is 11.1 Å². The van der Waals surface area contributed by atoms with Crippen LogP contribution in [0.4, 0.5) is 11.4 Å². The lowest BCUT2D eigenvalue weighted by atomic mass is 10.1. The van der Waals surface area contributed by atoms with Gasteiger partial charge in [0.2, 0.25) is 5.91 Å². The average molecular weight is 310 g/mol. The van der Waals surface area contributed by atoms with Crippen LogP contribution in [0.15, 0.2) is 18.2 Å². The Balaban J connectivity index is 1.70. The number of carbonyl (C=O) groups is 1. The third-order valence-corrected chi connectivity index (χ3v) is 4.35. The maximum atomic E-state index is 11.9. The van der Waals surface area contributed by atoms with Gasteiger partial charge in [0.1, 0.15) is 0 Å². The van der Waals surface area contributed by atoms with Crippen molar-refractivity contribution in [1.82, 2.24) is 4.90 Å². The lowest BCUT2D eigenvalue weighted by Gasteiger charge is -2.15. The van der Waals surface area contributed by atoms with E-state index in [1.807, 2.05) is 0 Å². The van der Waals surface area contributed by atoms with Crippen LogP contribution in [-0.4, -0.2) is 30.4 Å². The zero-order valence-corrected chi connectivity index (χ0v) is 13.3. The minimum absolute atomic E-state index is 0.00950. The maximum absolute atomic E-state index is 11.9. The number of carbonyl (C=O) groups excluding carboxylic acids is 1. The molecule has 0 spiro atoms. The second kappa shape index (κ2) is 7.66. The molecule has 1 unspecified atom stereocenters. The molecule has 1 atom stereocenters. The number of nitrogens with two attached hydrogens (primary N) is 1. The lowest BCUT2D eigenvalue weighted by molar-refractivity contribution is -0.116. The molecule has 4 nitrogen and oxygen atoms in total. The lowest BCUT2D eigenvalue weighted by Crippen LogP contribution is -2.23. The number of nitrogens with one attached hydrogen (secondary N) is 1. The number of halogens is 1. The number of hydrogen-bond donors (Lipinski definition) is 2. The fraction of sp³-hybridized carbons (Fsp3) is 0.562. The van der Waals surface area contributed by atoms with E-state index >= 15 is 0 Å². The smallest absolute Gasteiger partial charge is 0.224 e. The van der Waals surface area contributed by atoms with Crippen LogP contribution in [0.3, 0.4) is 0 Å². The number of likely N-dealkylation sites (tertiary alicyclic amines) is 1. The summed E-state index contributed by atoms with van der Waals surface area (Å²) in [5, 5.41) is 3.42. The second-order valence-corrected chi connectivity index (χ2v) is 6.18. The Bertz CT molecular complexity index is 492. The van der Waals surface area contributed by atoms with Gasteiger partial charge in [-0.25, -0.2) is 0 Å². The summed E-state index contributed by atoms with van der Waals surface area (Å²) in [5.74, 6) is 0.850. The summed E-state index contributed by atoms with van der Waals surface area (Å²) in [6.07, 6.45) is 3.96. The number of nitrogen functional groups attached to an aromatic ring is 1. The number of anilines is 2. The van der Waals surface area contributed by atoms with E-state index < -0.39 is 0 Å². The molecule has 21 heavy (non-hydrogen) atoms. The highest BCUT2D eigenvalue weighted by molar-refractivity contribution is 6.31. The van der Waals surface area contributed by atoms with Gasteiger partial charge < -0.3 is 16.0 Å². The first kappa shape index (κ1) is 16.1. The average Bonchev–Trinajstić information content (AvgIpc) is 2.90. The molecule has 1 amide bonds. The first-order valence-electron chi connectivity index (χ1n) is 7.65. The van der Waals surface area contributed by atoms with Crippen molar-refractivity contribution in [2.75, 3.05) is 30.7 Å². The van der Waals surface area contributed by atoms with Crippen molar-refractivity contribution >= 4 is 28.9 Å². The number of hydrogen-bond acceptors (Lipinski definition) is 3. The molecule has 1 aliphatic heterocycles. The van der Waals surface area contributed by atoms with E-state index in [0.717, 1.165) is 18.9 Å².